The molecule has 0 aromatic heterocycles. The van der Waals surface area contributed by atoms with Gasteiger partial charge >= 0.3 is 0 Å². The van der Waals surface area contributed by atoms with Crippen molar-refractivity contribution in [1.82, 2.24) is 9.62 Å². The first-order valence-corrected chi connectivity index (χ1v) is 11.5. The van der Waals surface area contributed by atoms with E-state index in [1.165, 1.54) is 4.31 Å². The fourth-order valence-electron chi connectivity index (χ4n) is 3.49. The van der Waals surface area contributed by atoms with E-state index in [4.69, 9.17) is 0 Å². The molecule has 0 atom stereocenters. The number of carbonyl (C=O) groups excluding carboxylic acids is 1. The van der Waals surface area contributed by atoms with Gasteiger partial charge in [0.05, 0.1) is 4.90 Å². The number of piperidine rings is 1. The molecule has 0 bridgehead atoms. The van der Waals surface area contributed by atoms with Crippen LogP contribution >= 0.6 is 0 Å². The van der Waals surface area contributed by atoms with Crippen LogP contribution in [0.3, 0.4) is 0 Å². The molecule has 5 nitrogen and oxygen atoms in total. The molecule has 1 N–H and O–H groups in total. The predicted octanol–water partition coefficient (Wildman–Crippen LogP) is 3.88. The molecule has 1 amide bonds. The maximum absolute atomic E-state index is 13.0. The third kappa shape index (κ3) is 5.06. The molecule has 1 aliphatic heterocycles. The quantitative estimate of drug-likeness (QED) is 0.826. The van der Waals surface area contributed by atoms with E-state index in [9.17, 15) is 13.2 Å². The van der Waals surface area contributed by atoms with Crippen molar-refractivity contribution >= 4 is 15.9 Å². The lowest BCUT2D eigenvalue weighted by Crippen LogP contribution is -2.46. The zero-order valence-electron chi connectivity index (χ0n) is 17.6. The SMILES string of the molecule is Cc1ccc(C(=O)NC2CCN(S(=O)(=O)c3ccc(C(C)(C)C)cc3)CC2)cc1. The van der Waals surface area contributed by atoms with Crippen molar-refractivity contribution in [1.29, 1.82) is 0 Å². The minimum Gasteiger partial charge on any atom is -0.349 e. The molecule has 3 rings (SSSR count). The van der Waals surface area contributed by atoms with Gasteiger partial charge in [0.2, 0.25) is 10.0 Å². The second kappa shape index (κ2) is 8.28. The molecule has 1 saturated heterocycles. The minimum atomic E-state index is -3.51. The Balaban J connectivity index is 1.60. The van der Waals surface area contributed by atoms with Crippen molar-refractivity contribution in [2.24, 2.45) is 0 Å². The third-order valence-electron chi connectivity index (χ3n) is 5.46. The van der Waals surface area contributed by atoms with Crippen LogP contribution in [0.4, 0.5) is 0 Å². The Kier molecular flexibility index (Phi) is 6.15. The molecule has 1 aliphatic rings. The van der Waals surface area contributed by atoms with E-state index >= 15 is 0 Å². The van der Waals surface area contributed by atoms with Gasteiger partial charge in [-0.1, -0.05) is 50.6 Å². The van der Waals surface area contributed by atoms with E-state index in [0.717, 1.165) is 11.1 Å². The van der Waals surface area contributed by atoms with Crippen molar-refractivity contribution in [3.63, 3.8) is 0 Å². The Labute approximate surface area is 174 Å². The first-order valence-electron chi connectivity index (χ1n) is 10.1. The lowest BCUT2D eigenvalue weighted by atomic mass is 9.87. The highest BCUT2D eigenvalue weighted by Crippen LogP contribution is 2.26. The molecule has 2 aromatic rings. The van der Waals surface area contributed by atoms with Crippen LogP contribution in [0.25, 0.3) is 0 Å². The number of hydrogen-bond acceptors (Lipinski definition) is 3. The van der Waals surface area contributed by atoms with Gasteiger partial charge in [0.15, 0.2) is 0 Å². The largest absolute Gasteiger partial charge is 0.349 e. The number of nitrogens with one attached hydrogen (secondary N) is 1. The van der Waals surface area contributed by atoms with Crippen molar-refractivity contribution in [2.45, 2.75) is 56.9 Å². The second-order valence-corrected chi connectivity index (χ2v) is 10.7. The highest BCUT2D eigenvalue weighted by atomic mass is 32.2. The maximum Gasteiger partial charge on any atom is 0.251 e. The highest BCUT2D eigenvalue weighted by molar-refractivity contribution is 7.89. The number of amides is 1. The third-order valence-corrected chi connectivity index (χ3v) is 7.37. The molecule has 0 radical (unpaired) electrons. The average Bonchev–Trinajstić information content (AvgIpc) is 2.68. The zero-order chi connectivity index (χ0) is 21.2. The molecule has 0 spiro atoms. The van der Waals surface area contributed by atoms with Gasteiger partial charge in [0, 0.05) is 24.7 Å². The van der Waals surface area contributed by atoms with Gasteiger partial charge in [-0.05, 0) is 55.0 Å². The summed E-state index contributed by atoms with van der Waals surface area (Å²) in [7, 11) is -3.51. The number of aryl methyl sites for hydroxylation is 1. The van der Waals surface area contributed by atoms with Crippen LogP contribution in [0, 0.1) is 6.92 Å². The molecule has 1 heterocycles. The predicted molar refractivity (Wildman–Crippen MR) is 116 cm³/mol. The number of carbonyl (C=O) groups is 1. The van der Waals surface area contributed by atoms with Crippen LogP contribution in [0.1, 0.15) is 55.1 Å². The summed E-state index contributed by atoms with van der Waals surface area (Å²) in [4.78, 5) is 12.7. The fourth-order valence-corrected chi connectivity index (χ4v) is 4.96. The second-order valence-electron chi connectivity index (χ2n) is 8.79. The maximum atomic E-state index is 13.0. The minimum absolute atomic E-state index is 0.0153. The van der Waals surface area contributed by atoms with E-state index in [-0.39, 0.29) is 17.4 Å². The van der Waals surface area contributed by atoms with Gasteiger partial charge in [-0.15, -0.1) is 0 Å². The van der Waals surface area contributed by atoms with Gasteiger partial charge in [0.1, 0.15) is 0 Å². The number of sulfonamides is 1. The molecule has 0 saturated carbocycles. The van der Waals surface area contributed by atoms with Crippen LogP contribution in [0.5, 0.6) is 0 Å². The Hall–Kier alpha value is -2.18. The summed E-state index contributed by atoms with van der Waals surface area (Å²) in [6.45, 7) is 9.10. The van der Waals surface area contributed by atoms with Crippen molar-refractivity contribution in [3.05, 3.63) is 65.2 Å². The van der Waals surface area contributed by atoms with E-state index in [1.54, 1.807) is 12.1 Å². The molecule has 156 valence electrons. The first kappa shape index (κ1) is 21.5. The van der Waals surface area contributed by atoms with Crippen molar-refractivity contribution in [3.8, 4) is 0 Å². The normalized spacial score (nSPS) is 16.6. The number of rotatable bonds is 4. The zero-order valence-corrected chi connectivity index (χ0v) is 18.4. The summed E-state index contributed by atoms with van der Waals surface area (Å²) in [6, 6.07) is 14.6. The summed E-state index contributed by atoms with van der Waals surface area (Å²) in [6.07, 6.45) is 1.22. The van der Waals surface area contributed by atoms with Gasteiger partial charge in [0.25, 0.3) is 5.91 Å². The molecule has 0 unspecified atom stereocenters. The topological polar surface area (TPSA) is 66.5 Å². The van der Waals surface area contributed by atoms with E-state index in [0.29, 0.717) is 36.4 Å². The molecule has 6 heteroatoms. The summed E-state index contributed by atoms with van der Waals surface area (Å²) < 4.78 is 27.5. The number of hydrogen-bond donors (Lipinski definition) is 1. The Morgan fingerprint density at radius 3 is 2.03 bits per heavy atom. The van der Waals surface area contributed by atoms with Crippen LogP contribution in [-0.4, -0.2) is 37.8 Å². The van der Waals surface area contributed by atoms with E-state index in [1.807, 2.05) is 43.3 Å². The van der Waals surface area contributed by atoms with Crippen LogP contribution in [0.15, 0.2) is 53.4 Å². The van der Waals surface area contributed by atoms with Crippen LogP contribution < -0.4 is 5.32 Å². The van der Waals surface area contributed by atoms with Gasteiger partial charge in [-0.25, -0.2) is 8.42 Å². The fraction of sp³-hybridized carbons (Fsp3) is 0.435. The molecular weight excluding hydrogens is 384 g/mol. The molecule has 1 fully saturated rings. The summed E-state index contributed by atoms with van der Waals surface area (Å²) in [5.41, 5.74) is 2.82. The Morgan fingerprint density at radius 1 is 0.966 bits per heavy atom. The lowest BCUT2D eigenvalue weighted by Gasteiger charge is -2.31. The molecule has 2 aromatic carbocycles. The summed E-state index contributed by atoms with van der Waals surface area (Å²) >= 11 is 0. The summed E-state index contributed by atoms with van der Waals surface area (Å²) in [5, 5.41) is 3.03. The van der Waals surface area contributed by atoms with Crippen LogP contribution in [-0.2, 0) is 15.4 Å². The van der Waals surface area contributed by atoms with Gasteiger partial charge in [-0.2, -0.15) is 4.31 Å². The molecule has 29 heavy (non-hydrogen) atoms. The van der Waals surface area contributed by atoms with Crippen molar-refractivity contribution in [2.75, 3.05) is 13.1 Å². The first-order chi connectivity index (χ1) is 13.6. The number of benzene rings is 2. The molecule has 0 aliphatic carbocycles. The lowest BCUT2D eigenvalue weighted by molar-refractivity contribution is 0.0924. The van der Waals surface area contributed by atoms with E-state index < -0.39 is 10.0 Å². The standard InChI is InChI=1S/C23H30N2O3S/c1-17-5-7-18(8-6-17)22(26)24-20-13-15-25(16-14-20)29(27,28)21-11-9-19(10-12-21)23(2,3)4/h5-12,20H,13-16H2,1-4H3,(H,24,26). The monoisotopic (exact) mass is 414 g/mol. The summed E-state index contributed by atoms with van der Waals surface area (Å²) in [5.74, 6) is -0.107. The molecular formula is C23H30N2O3S. The van der Waals surface area contributed by atoms with Crippen molar-refractivity contribution < 1.29 is 13.2 Å². The Morgan fingerprint density at radius 2 is 1.52 bits per heavy atom. The number of nitrogens with zero attached hydrogens (tertiary/aromatic N) is 1. The van der Waals surface area contributed by atoms with E-state index in [2.05, 4.69) is 26.1 Å². The highest BCUT2D eigenvalue weighted by Gasteiger charge is 2.30. The van der Waals surface area contributed by atoms with Crippen LogP contribution in [0.2, 0.25) is 0 Å². The van der Waals surface area contributed by atoms with Gasteiger partial charge < -0.3 is 5.32 Å². The Bertz CT molecular complexity index is 951. The smallest absolute Gasteiger partial charge is 0.251 e. The average molecular weight is 415 g/mol. The van der Waals surface area contributed by atoms with Gasteiger partial charge in [-0.3, -0.25) is 4.79 Å².